The number of hydrazine groups is 1. The van der Waals surface area contributed by atoms with Gasteiger partial charge in [-0.1, -0.05) is 17.7 Å². The Hall–Kier alpha value is -2.52. The molecule has 0 saturated carbocycles. The molecule has 3 N–H and O–H groups in total. The SMILES string of the molecule is Cc1cc(-c2csc(NC(=O)c3ccc4c(c3)NN(C)S4)c2C(=O)O)ccc1Cl. The third-order valence-electron chi connectivity index (χ3n) is 4.46. The van der Waals surface area contributed by atoms with Crippen molar-refractivity contribution < 1.29 is 14.7 Å². The van der Waals surface area contributed by atoms with Gasteiger partial charge in [0.25, 0.3) is 5.91 Å². The average Bonchev–Trinajstić information content (AvgIpc) is 3.25. The second-order valence-electron chi connectivity index (χ2n) is 6.49. The van der Waals surface area contributed by atoms with E-state index in [0.717, 1.165) is 21.7 Å². The van der Waals surface area contributed by atoms with Crippen LogP contribution in [0.25, 0.3) is 11.1 Å². The summed E-state index contributed by atoms with van der Waals surface area (Å²) < 4.78 is 1.84. The van der Waals surface area contributed by atoms with Gasteiger partial charge in [-0.05, 0) is 60.3 Å². The molecule has 0 spiro atoms. The number of nitrogens with zero attached hydrogens (tertiary/aromatic N) is 1. The number of nitrogens with one attached hydrogen (secondary N) is 2. The van der Waals surface area contributed by atoms with E-state index in [-0.39, 0.29) is 11.5 Å². The predicted molar refractivity (Wildman–Crippen MR) is 118 cm³/mol. The number of halogens is 1. The van der Waals surface area contributed by atoms with Gasteiger partial charge in [-0.25, -0.2) is 4.79 Å². The second-order valence-corrected chi connectivity index (χ2v) is 8.95. The Morgan fingerprint density at radius 2 is 2.00 bits per heavy atom. The monoisotopic (exact) mass is 445 g/mol. The van der Waals surface area contributed by atoms with E-state index in [1.54, 1.807) is 29.6 Å². The maximum Gasteiger partial charge on any atom is 0.339 e. The highest BCUT2D eigenvalue weighted by atomic mass is 35.5. The zero-order valence-corrected chi connectivity index (χ0v) is 17.8. The molecule has 0 atom stereocenters. The van der Waals surface area contributed by atoms with Crippen molar-refractivity contribution in [2.75, 3.05) is 17.8 Å². The second kappa shape index (κ2) is 7.72. The highest BCUT2D eigenvalue weighted by molar-refractivity contribution is 7.97. The van der Waals surface area contributed by atoms with Gasteiger partial charge in [-0.2, -0.15) is 4.41 Å². The lowest BCUT2D eigenvalue weighted by Crippen LogP contribution is -2.14. The van der Waals surface area contributed by atoms with Gasteiger partial charge in [0.1, 0.15) is 10.6 Å². The van der Waals surface area contributed by atoms with Crippen LogP contribution in [-0.2, 0) is 0 Å². The fraction of sp³-hybridized carbons (Fsp3) is 0.100. The minimum Gasteiger partial charge on any atom is -0.478 e. The van der Waals surface area contributed by atoms with Crippen molar-refractivity contribution in [3.05, 3.63) is 63.5 Å². The molecule has 1 aromatic heterocycles. The number of anilines is 2. The lowest BCUT2D eigenvalue weighted by atomic mass is 10.0. The molecule has 2 aromatic carbocycles. The van der Waals surface area contributed by atoms with Gasteiger partial charge in [-0.15, -0.1) is 11.3 Å². The number of carboxylic acids is 1. The molecule has 1 aliphatic heterocycles. The summed E-state index contributed by atoms with van der Waals surface area (Å²) in [6.07, 6.45) is 0. The molecule has 0 aliphatic carbocycles. The lowest BCUT2D eigenvalue weighted by molar-refractivity contribution is 0.0699. The normalized spacial score (nSPS) is 13.1. The van der Waals surface area contributed by atoms with E-state index in [1.807, 2.05) is 30.5 Å². The Balaban J connectivity index is 1.65. The molecular formula is C20H16ClN3O3S2. The van der Waals surface area contributed by atoms with E-state index in [0.29, 0.717) is 21.2 Å². The number of aromatic carboxylic acids is 1. The average molecular weight is 446 g/mol. The number of aryl methyl sites for hydroxylation is 1. The molecule has 9 heteroatoms. The summed E-state index contributed by atoms with van der Waals surface area (Å²) in [5, 5.41) is 15.2. The Kier molecular flexibility index (Phi) is 5.26. The molecule has 2 heterocycles. The molecule has 29 heavy (non-hydrogen) atoms. The first-order chi connectivity index (χ1) is 13.8. The largest absolute Gasteiger partial charge is 0.478 e. The number of rotatable bonds is 4. The van der Waals surface area contributed by atoms with Crippen molar-refractivity contribution in [3.8, 4) is 11.1 Å². The minimum absolute atomic E-state index is 0.0691. The fourth-order valence-corrected chi connectivity index (χ4v) is 4.89. The van der Waals surface area contributed by atoms with E-state index >= 15 is 0 Å². The quantitative estimate of drug-likeness (QED) is 0.453. The minimum atomic E-state index is -1.10. The van der Waals surface area contributed by atoms with Crippen LogP contribution < -0.4 is 10.7 Å². The molecule has 0 radical (unpaired) electrons. The van der Waals surface area contributed by atoms with Gasteiger partial charge < -0.3 is 15.8 Å². The summed E-state index contributed by atoms with van der Waals surface area (Å²) in [5.74, 6) is -1.46. The van der Waals surface area contributed by atoms with Crippen molar-refractivity contribution >= 4 is 57.5 Å². The number of hydrogen-bond acceptors (Lipinski definition) is 6. The molecule has 1 aliphatic rings. The van der Waals surface area contributed by atoms with Crippen molar-refractivity contribution in [3.63, 3.8) is 0 Å². The third kappa shape index (κ3) is 3.84. The first-order valence-corrected chi connectivity index (χ1v) is 10.6. The van der Waals surface area contributed by atoms with Crippen molar-refractivity contribution in [1.29, 1.82) is 0 Å². The fourth-order valence-electron chi connectivity index (χ4n) is 3.04. The number of hydrogen-bond donors (Lipinski definition) is 3. The maximum atomic E-state index is 12.8. The van der Waals surface area contributed by atoms with E-state index < -0.39 is 5.97 Å². The molecule has 6 nitrogen and oxygen atoms in total. The van der Waals surface area contributed by atoms with Crippen LogP contribution in [-0.4, -0.2) is 28.4 Å². The van der Waals surface area contributed by atoms with Crippen LogP contribution >= 0.6 is 34.9 Å². The van der Waals surface area contributed by atoms with Crippen molar-refractivity contribution in [2.45, 2.75) is 11.8 Å². The standard InChI is InChI=1S/C20H16ClN3O3S2/c1-10-7-11(3-5-14(10)21)13-9-28-19(17(13)20(26)27)22-18(25)12-4-6-16-15(8-12)23-24(2)29-16/h3-9,23H,1-2H3,(H,22,25)(H,26,27). The summed E-state index contributed by atoms with van der Waals surface area (Å²) in [6, 6.07) is 10.7. The van der Waals surface area contributed by atoms with Crippen LogP contribution in [0.5, 0.6) is 0 Å². The van der Waals surface area contributed by atoms with Crippen LogP contribution in [0.1, 0.15) is 26.3 Å². The van der Waals surface area contributed by atoms with Crippen LogP contribution in [0.3, 0.4) is 0 Å². The molecule has 0 fully saturated rings. The number of amides is 1. The number of carbonyl (C=O) groups is 2. The van der Waals surface area contributed by atoms with Gasteiger partial charge in [0.05, 0.1) is 5.69 Å². The van der Waals surface area contributed by atoms with Gasteiger partial charge >= 0.3 is 5.97 Å². The number of thiophene rings is 1. The molecule has 148 valence electrons. The summed E-state index contributed by atoms with van der Waals surface area (Å²) in [7, 11) is 1.88. The molecular weight excluding hydrogens is 430 g/mol. The van der Waals surface area contributed by atoms with Gasteiger partial charge in [0, 0.05) is 33.5 Å². The zero-order chi connectivity index (χ0) is 20.7. The third-order valence-corrected chi connectivity index (χ3v) is 6.69. The van der Waals surface area contributed by atoms with E-state index in [1.165, 1.54) is 23.3 Å². The predicted octanol–water partition coefficient (Wildman–Crippen LogP) is 5.61. The van der Waals surface area contributed by atoms with Crippen LogP contribution in [0, 0.1) is 6.92 Å². The van der Waals surface area contributed by atoms with Crippen LogP contribution in [0.4, 0.5) is 10.7 Å². The number of carboxylic acid groups (broad SMARTS) is 1. The van der Waals surface area contributed by atoms with E-state index in [4.69, 9.17) is 11.6 Å². The lowest BCUT2D eigenvalue weighted by Gasteiger charge is -2.08. The first-order valence-electron chi connectivity index (χ1n) is 8.58. The number of carbonyl (C=O) groups excluding carboxylic acids is 1. The zero-order valence-electron chi connectivity index (χ0n) is 15.4. The summed E-state index contributed by atoms with van der Waals surface area (Å²) in [5.41, 5.74) is 6.63. The first kappa shape index (κ1) is 19.8. The Morgan fingerprint density at radius 3 is 2.72 bits per heavy atom. The molecule has 4 rings (SSSR count). The smallest absolute Gasteiger partial charge is 0.339 e. The highest BCUT2D eigenvalue weighted by Gasteiger charge is 2.23. The van der Waals surface area contributed by atoms with Crippen LogP contribution in [0.15, 0.2) is 46.7 Å². The molecule has 1 amide bonds. The molecule has 0 unspecified atom stereocenters. The number of fused-ring (bicyclic) bond motifs is 1. The summed E-state index contributed by atoms with van der Waals surface area (Å²) in [6.45, 7) is 1.86. The summed E-state index contributed by atoms with van der Waals surface area (Å²) in [4.78, 5) is 25.7. The molecule has 0 saturated heterocycles. The van der Waals surface area contributed by atoms with E-state index in [9.17, 15) is 14.7 Å². The van der Waals surface area contributed by atoms with Gasteiger partial charge in [0.15, 0.2) is 0 Å². The Bertz CT molecular complexity index is 1150. The van der Waals surface area contributed by atoms with Gasteiger partial charge in [-0.3, -0.25) is 4.79 Å². The van der Waals surface area contributed by atoms with Crippen LogP contribution in [0.2, 0.25) is 5.02 Å². The Morgan fingerprint density at radius 1 is 1.21 bits per heavy atom. The maximum absolute atomic E-state index is 12.8. The molecule has 0 bridgehead atoms. The topological polar surface area (TPSA) is 81.7 Å². The molecule has 3 aromatic rings. The van der Waals surface area contributed by atoms with E-state index in [2.05, 4.69) is 10.7 Å². The van der Waals surface area contributed by atoms with Gasteiger partial charge in [0.2, 0.25) is 0 Å². The number of benzene rings is 2. The Labute approximate surface area is 180 Å². The van der Waals surface area contributed by atoms with Crippen molar-refractivity contribution in [1.82, 2.24) is 4.41 Å². The highest BCUT2D eigenvalue weighted by Crippen LogP contribution is 2.38. The van der Waals surface area contributed by atoms with Crippen molar-refractivity contribution in [2.24, 2.45) is 0 Å². The summed E-state index contributed by atoms with van der Waals surface area (Å²) >= 11 is 8.80.